The number of carbonyl (C=O) groups is 1. The van der Waals surface area contributed by atoms with E-state index in [4.69, 9.17) is 32.5 Å². The predicted octanol–water partition coefficient (Wildman–Crippen LogP) is 5.95. The fraction of sp³-hybridized carbons (Fsp3) is 0.143. The quantitative estimate of drug-likeness (QED) is 0.250. The average Bonchev–Trinajstić information content (AvgIpc) is 3.39. The Morgan fingerprint density at radius 1 is 1.18 bits per heavy atom. The first-order chi connectivity index (χ1) is 15.7. The smallest absolute Gasteiger partial charge is 0.417 e. The first-order valence-corrected chi connectivity index (χ1v) is 10.2. The zero-order chi connectivity index (χ0) is 23.8. The molecule has 0 saturated heterocycles. The second-order valence-corrected chi connectivity index (χ2v) is 7.49. The van der Waals surface area contributed by atoms with Crippen molar-refractivity contribution in [3.8, 4) is 23.0 Å². The van der Waals surface area contributed by atoms with Crippen molar-refractivity contribution in [3.05, 3.63) is 63.9 Å². The third-order valence-electron chi connectivity index (χ3n) is 4.41. The number of nitrogens with zero attached hydrogens (tertiary/aromatic N) is 4. The first kappa shape index (κ1) is 22.8. The van der Waals surface area contributed by atoms with Crippen LogP contribution in [0.1, 0.15) is 18.1 Å². The number of hydrogen-bond acceptors (Lipinski definition) is 6. The molecule has 3 heterocycles. The maximum atomic E-state index is 13.0. The van der Waals surface area contributed by atoms with Gasteiger partial charge in [0.25, 0.3) is 5.89 Å². The highest BCUT2D eigenvalue weighted by Crippen LogP contribution is 2.34. The molecular weight excluding hydrogens is 484 g/mol. The Bertz CT molecular complexity index is 1380. The molecule has 7 nitrogen and oxygen atoms in total. The van der Waals surface area contributed by atoms with Crippen LogP contribution in [0.3, 0.4) is 0 Å². The predicted molar refractivity (Wildman–Crippen MR) is 115 cm³/mol. The number of imidazole rings is 1. The minimum Gasteiger partial charge on any atom is -0.463 e. The van der Waals surface area contributed by atoms with Gasteiger partial charge in [0.1, 0.15) is 5.69 Å². The van der Waals surface area contributed by atoms with Crippen LogP contribution in [0, 0.1) is 0 Å². The largest absolute Gasteiger partial charge is 0.463 e. The van der Waals surface area contributed by atoms with E-state index in [0.29, 0.717) is 16.1 Å². The van der Waals surface area contributed by atoms with Crippen LogP contribution in [0.2, 0.25) is 10.0 Å². The van der Waals surface area contributed by atoms with Gasteiger partial charge in [-0.25, -0.2) is 9.78 Å². The molecule has 0 N–H and O–H groups in total. The van der Waals surface area contributed by atoms with E-state index < -0.39 is 17.7 Å². The third kappa shape index (κ3) is 4.86. The van der Waals surface area contributed by atoms with Gasteiger partial charge in [0.05, 0.1) is 22.2 Å². The van der Waals surface area contributed by atoms with Gasteiger partial charge in [-0.2, -0.15) is 18.2 Å². The Balaban J connectivity index is 1.62. The second-order valence-electron chi connectivity index (χ2n) is 6.68. The number of halogens is 5. The van der Waals surface area contributed by atoms with Crippen LogP contribution in [-0.4, -0.2) is 32.1 Å². The molecule has 170 valence electrons. The van der Waals surface area contributed by atoms with Crippen molar-refractivity contribution in [2.24, 2.45) is 0 Å². The van der Waals surface area contributed by atoms with Crippen LogP contribution in [-0.2, 0) is 15.7 Å². The lowest BCUT2D eigenvalue weighted by Gasteiger charge is -2.07. The molecule has 0 aliphatic carbocycles. The van der Waals surface area contributed by atoms with E-state index in [2.05, 4.69) is 15.1 Å². The van der Waals surface area contributed by atoms with E-state index in [1.54, 1.807) is 31.2 Å². The number of ether oxygens (including phenoxy) is 1. The van der Waals surface area contributed by atoms with E-state index in [0.717, 1.165) is 16.7 Å². The van der Waals surface area contributed by atoms with E-state index in [1.165, 1.54) is 12.3 Å². The lowest BCUT2D eigenvalue weighted by atomic mass is 10.1. The summed E-state index contributed by atoms with van der Waals surface area (Å²) in [5.74, 6) is -0.355. The van der Waals surface area contributed by atoms with Gasteiger partial charge in [0.2, 0.25) is 5.82 Å². The summed E-state index contributed by atoms with van der Waals surface area (Å²) >= 11 is 12.3. The van der Waals surface area contributed by atoms with Gasteiger partial charge in [0, 0.05) is 24.0 Å². The Kier molecular flexibility index (Phi) is 6.13. The van der Waals surface area contributed by atoms with Crippen LogP contribution in [0.5, 0.6) is 0 Å². The zero-order valence-corrected chi connectivity index (χ0v) is 18.2. The van der Waals surface area contributed by atoms with Gasteiger partial charge in [-0.15, -0.1) is 0 Å². The van der Waals surface area contributed by atoms with Gasteiger partial charge in [-0.3, -0.25) is 0 Å². The van der Waals surface area contributed by atoms with Crippen molar-refractivity contribution >= 4 is 40.9 Å². The van der Waals surface area contributed by atoms with Crippen molar-refractivity contribution in [1.82, 2.24) is 19.5 Å². The molecule has 0 radical (unpaired) electrons. The van der Waals surface area contributed by atoms with Crippen molar-refractivity contribution < 1.29 is 27.2 Å². The van der Waals surface area contributed by atoms with Gasteiger partial charge in [-0.1, -0.05) is 34.4 Å². The Morgan fingerprint density at radius 3 is 2.67 bits per heavy atom. The third-order valence-corrected chi connectivity index (χ3v) is 5.00. The number of esters is 1. The molecule has 1 aromatic carbocycles. The highest BCUT2D eigenvalue weighted by molar-refractivity contribution is 6.33. The Labute approximate surface area is 194 Å². The zero-order valence-electron chi connectivity index (χ0n) is 16.7. The summed E-state index contributed by atoms with van der Waals surface area (Å²) in [6, 6.07) is 5.73. The van der Waals surface area contributed by atoms with Crippen molar-refractivity contribution in [2.75, 3.05) is 6.61 Å². The first-order valence-electron chi connectivity index (χ1n) is 9.40. The molecule has 33 heavy (non-hydrogen) atoms. The molecule has 0 fully saturated rings. The summed E-state index contributed by atoms with van der Waals surface area (Å²) in [5.41, 5.74) is 0.423. The molecule has 3 aromatic heterocycles. The summed E-state index contributed by atoms with van der Waals surface area (Å²) in [6.07, 6.45) is 0.437. The highest BCUT2D eigenvalue weighted by atomic mass is 35.5. The fourth-order valence-corrected chi connectivity index (χ4v) is 3.45. The minimum absolute atomic E-state index is 0.0272. The lowest BCUT2D eigenvalue weighted by molar-refractivity contribution is -0.138. The number of aromatic nitrogens is 4. The lowest BCUT2D eigenvalue weighted by Crippen LogP contribution is -2.06. The van der Waals surface area contributed by atoms with Crippen LogP contribution in [0.4, 0.5) is 13.2 Å². The SMILES string of the molecule is CCOC(=O)/C=C/c1ccc(-c2noc(-c3cn4cc(C(F)(F)F)cc(Cl)c4n3)n2)c(Cl)c1. The van der Waals surface area contributed by atoms with Gasteiger partial charge >= 0.3 is 12.1 Å². The molecule has 0 aliphatic heterocycles. The summed E-state index contributed by atoms with van der Waals surface area (Å²) in [4.78, 5) is 19.9. The number of pyridine rings is 1. The van der Waals surface area contributed by atoms with Crippen LogP contribution in [0.15, 0.2) is 47.3 Å². The number of fused-ring (bicyclic) bond motifs is 1. The molecule has 0 unspecified atom stereocenters. The monoisotopic (exact) mass is 496 g/mol. The van der Waals surface area contributed by atoms with Crippen LogP contribution < -0.4 is 0 Å². The fourth-order valence-electron chi connectivity index (χ4n) is 2.92. The molecule has 0 amide bonds. The molecule has 12 heteroatoms. The second kappa shape index (κ2) is 8.87. The van der Waals surface area contributed by atoms with Crippen LogP contribution in [0.25, 0.3) is 34.7 Å². The number of alkyl halides is 3. The Hall–Kier alpha value is -3.37. The average molecular weight is 497 g/mol. The van der Waals surface area contributed by atoms with E-state index in [9.17, 15) is 18.0 Å². The molecule has 4 aromatic rings. The van der Waals surface area contributed by atoms with E-state index in [1.807, 2.05) is 0 Å². The molecule has 4 rings (SSSR count). The van der Waals surface area contributed by atoms with Crippen molar-refractivity contribution in [3.63, 3.8) is 0 Å². The van der Waals surface area contributed by atoms with E-state index in [-0.39, 0.29) is 34.7 Å². The molecular formula is C21H13Cl2F3N4O3. The van der Waals surface area contributed by atoms with Crippen LogP contribution >= 0.6 is 23.2 Å². The molecule has 0 saturated carbocycles. The standard InChI is InChI=1S/C21H13Cl2F3N4O3/c1-2-32-17(31)6-4-11-3-5-13(14(22)7-11)18-28-20(33-29-18)16-10-30-9-12(21(24,25)26)8-15(23)19(30)27-16/h3-10H,2H2,1H3/b6-4+. The molecule has 0 aliphatic rings. The van der Waals surface area contributed by atoms with Gasteiger partial charge < -0.3 is 13.7 Å². The maximum absolute atomic E-state index is 13.0. The van der Waals surface area contributed by atoms with E-state index >= 15 is 0 Å². The summed E-state index contributed by atoms with van der Waals surface area (Å²) in [6.45, 7) is 1.97. The van der Waals surface area contributed by atoms with Gasteiger partial charge in [-0.05, 0) is 36.8 Å². The van der Waals surface area contributed by atoms with Crippen molar-refractivity contribution in [2.45, 2.75) is 13.1 Å². The summed E-state index contributed by atoms with van der Waals surface area (Å²) in [7, 11) is 0. The molecule has 0 atom stereocenters. The number of carbonyl (C=O) groups excluding carboxylic acids is 1. The number of benzene rings is 1. The topological polar surface area (TPSA) is 82.5 Å². The highest BCUT2D eigenvalue weighted by Gasteiger charge is 2.32. The normalized spacial score (nSPS) is 12.1. The summed E-state index contributed by atoms with van der Waals surface area (Å²) < 4.78 is 50.3. The number of rotatable bonds is 5. The summed E-state index contributed by atoms with van der Waals surface area (Å²) in [5, 5.41) is 3.99. The maximum Gasteiger partial charge on any atom is 0.417 e. The molecule has 0 spiro atoms. The number of hydrogen-bond donors (Lipinski definition) is 0. The molecule has 0 bridgehead atoms. The minimum atomic E-state index is -4.56. The Morgan fingerprint density at radius 2 is 1.97 bits per heavy atom. The van der Waals surface area contributed by atoms with Crippen molar-refractivity contribution in [1.29, 1.82) is 0 Å². The van der Waals surface area contributed by atoms with Gasteiger partial charge in [0.15, 0.2) is 5.65 Å².